The number of unbranched alkanes of at least 4 members (excludes halogenated alkanes) is 4. The number of aromatic hydroxyl groups is 2. The molecule has 12 nitrogen and oxygen atoms in total. The summed E-state index contributed by atoms with van der Waals surface area (Å²) in [6, 6.07) is 24.8. The van der Waals surface area contributed by atoms with Crippen molar-refractivity contribution in [2.24, 2.45) is 5.41 Å². The van der Waals surface area contributed by atoms with Gasteiger partial charge in [0.05, 0.1) is 6.10 Å². The number of carbonyl (C=O) groups is 4. The normalized spacial score (nSPS) is 15.3. The number of likely N-dealkylation sites (tertiary alicyclic amines) is 1. The molecule has 354 valence electrons. The Morgan fingerprint density at radius 2 is 1.58 bits per heavy atom. The number of benzene rings is 4. The first kappa shape index (κ1) is 50.2. The van der Waals surface area contributed by atoms with Gasteiger partial charge in [-0.05, 0) is 128 Å². The predicted octanol–water partition coefficient (Wildman–Crippen LogP) is 8.08. The van der Waals surface area contributed by atoms with Crippen LogP contribution in [0.1, 0.15) is 99.7 Å². The Morgan fingerprint density at radius 3 is 2.27 bits per heavy atom. The van der Waals surface area contributed by atoms with Gasteiger partial charge in [-0.1, -0.05) is 65.0 Å². The second kappa shape index (κ2) is 23.5. The average molecular weight is 929 g/mol. The summed E-state index contributed by atoms with van der Waals surface area (Å²) in [6.07, 6.45) is 10.2. The quantitative estimate of drug-likeness (QED) is 0.0262. The number of ketones is 1. The van der Waals surface area contributed by atoms with Crippen molar-refractivity contribution in [2.75, 3.05) is 39.3 Å². The number of fused-ring (bicyclic) bond motifs is 1. The number of rotatable bonds is 22. The number of aliphatic hydroxyl groups is 1. The summed E-state index contributed by atoms with van der Waals surface area (Å²) in [5.74, 6) is 2.49. The third-order valence-corrected chi connectivity index (χ3v) is 13.5. The van der Waals surface area contributed by atoms with E-state index >= 15 is 0 Å². The molecule has 3 amide bonds. The second-order valence-corrected chi connectivity index (χ2v) is 19.4. The van der Waals surface area contributed by atoms with E-state index in [1.165, 1.54) is 16.2 Å². The number of thiophene rings is 1. The zero-order valence-electron chi connectivity index (χ0n) is 39.1. The number of ether oxygens (including phenoxy) is 1. The number of nitrogens with one attached hydrogen (secondary N) is 2. The van der Waals surface area contributed by atoms with Gasteiger partial charge >= 0.3 is 0 Å². The molecule has 1 aliphatic rings. The van der Waals surface area contributed by atoms with Crippen LogP contribution in [-0.4, -0.2) is 106 Å². The Bertz CT molecular complexity index is 2510. The molecule has 1 aliphatic heterocycles. The maximum absolute atomic E-state index is 14.0. The summed E-state index contributed by atoms with van der Waals surface area (Å²) in [7, 11) is 0. The summed E-state index contributed by atoms with van der Waals surface area (Å²) in [5, 5.41) is 37.1. The maximum atomic E-state index is 14.0. The number of nitrogens with zero attached hydrogens (tertiary/aromatic N) is 2. The number of phenols is 2. The fourth-order valence-electron chi connectivity index (χ4n) is 8.41. The van der Waals surface area contributed by atoms with Crippen LogP contribution in [-0.2, 0) is 20.8 Å². The van der Waals surface area contributed by atoms with E-state index in [0.29, 0.717) is 49.3 Å². The average Bonchev–Trinajstić information content (AvgIpc) is 3.90. The molecule has 6 rings (SSSR count). The molecule has 0 radical (unpaired) electrons. The number of amides is 3. The van der Waals surface area contributed by atoms with E-state index in [4.69, 9.17) is 11.2 Å². The SMILES string of the molecule is C#Cc1ccc(CCNC(=O)[C@@H]2C[C@H](O)CN2C(=O)[C@@H](NC(=O)CCCCCCCN(CC)CCOc2ccc(C(=O)c3c(-c4ccc(O)cc4)sc4cc(O)ccc34)cc2)C(C)(C)C)cc1. The molecule has 5 aromatic rings. The lowest BCUT2D eigenvalue weighted by Gasteiger charge is -2.35. The maximum Gasteiger partial charge on any atom is 0.246 e. The van der Waals surface area contributed by atoms with Crippen LogP contribution in [0.25, 0.3) is 20.5 Å². The van der Waals surface area contributed by atoms with E-state index < -0.39 is 23.6 Å². The zero-order chi connectivity index (χ0) is 48.1. The van der Waals surface area contributed by atoms with Gasteiger partial charge in [0.2, 0.25) is 17.7 Å². The summed E-state index contributed by atoms with van der Waals surface area (Å²) in [6.45, 7) is 11.2. The van der Waals surface area contributed by atoms with Gasteiger partial charge in [-0.15, -0.1) is 17.8 Å². The second-order valence-electron chi connectivity index (χ2n) is 18.3. The fourth-order valence-corrected chi connectivity index (χ4v) is 9.65. The Labute approximate surface area is 398 Å². The van der Waals surface area contributed by atoms with Gasteiger partial charge in [0, 0.05) is 64.1 Å². The van der Waals surface area contributed by atoms with E-state index in [2.05, 4.69) is 28.4 Å². The van der Waals surface area contributed by atoms with Crippen LogP contribution in [0.15, 0.2) is 91.0 Å². The number of terminal acetylenes is 1. The van der Waals surface area contributed by atoms with Crippen LogP contribution in [0.2, 0.25) is 0 Å². The number of hydrogen-bond donors (Lipinski definition) is 5. The Morgan fingerprint density at radius 1 is 0.896 bits per heavy atom. The van der Waals surface area contributed by atoms with Crippen LogP contribution in [0, 0.1) is 17.8 Å². The van der Waals surface area contributed by atoms with Crippen molar-refractivity contribution in [3.05, 3.63) is 113 Å². The first-order valence-electron chi connectivity index (χ1n) is 23.3. The van der Waals surface area contributed by atoms with Gasteiger partial charge in [-0.2, -0.15) is 0 Å². The minimum atomic E-state index is -0.857. The van der Waals surface area contributed by atoms with E-state index in [0.717, 1.165) is 77.0 Å². The highest BCUT2D eigenvalue weighted by atomic mass is 32.1. The lowest BCUT2D eigenvalue weighted by atomic mass is 9.85. The van der Waals surface area contributed by atoms with Gasteiger partial charge in [0.25, 0.3) is 0 Å². The minimum absolute atomic E-state index is 0.0294. The molecule has 1 fully saturated rings. The van der Waals surface area contributed by atoms with Crippen molar-refractivity contribution in [3.63, 3.8) is 0 Å². The van der Waals surface area contributed by atoms with Crippen LogP contribution in [0.3, 0.4) is 0 Å². The van der Waals surface area contributed by atoms with Crippen molar-refractivity contribution in [3.8, 4) is 40.0 Å². The molecule has 0 unspecified atom stereocenters. The number of carbonyl (C=O) groups excluding carboxylic acids is 4. The first-order chi connectivity index (χ1) is 32.1. The molecule has 2 heterocycles. The lowest BCUT2D eigenvalue weighted by molar-refractivity contribution is -0.144. The molecule has 1 saturated heterocycles. The number of β-amino-alcohol motifs (C(OH)–C–C–N with tert-alkyl or cyclic N) is 1. The predicted molar refractivity (Wildman–Crippen MR) is 264 cm³/mol. The smallest absolute Gasteiger partial charge is 0.246 e. The highest BCUT2D eigenvalue weighted by Gasteiger charge is 2.44. The molecule has 0 saturated carbocycles. The Hall–Kier alpha value is -6.20. The number of likely N-dealkylation sites (N-methyl/N-ethyl adjacent to an activating group) is 1. The third-order valence-electron chi connectivity index (χ3n) is 12.3. The Kier molecular flexibility index (Phi) is 17.6. The van der Waals surface area contributed by atoms with Crippen LogP contribution in [0.4, 0.5) is 0 Å². The monoisotopic (exact) mass is 928 g/mol. The molecule has 5 N–H and O–H groups in total. The standard InChI is InChI=1S/C54H64N4O8S/c1-6-36-14-16-37(17-15-36)28-29-55-52(64)45-33-42(61)35-58(45)53(65)51(54(3,4)5)56-47(62)13-11-9-8-10-12-30-57(7-2)31-32-66-43-25-20-38(21-26-43)49(63)48-44-27-24-41(60)34-46(44)67-50(48)39-18-22-40(59)23-19-39/h1,14-27,34,42,45,51,59-61H,7-13,28-33,35H2,2-5H3,(H,55,64)(H,56,62)/t42-,45-,51+/m0/s1. The molecular formula is C54H64N4O8S. The van der Waals surface area contributed by atoms with Crippen molar-refractivity contribution in [1.29, 1.82) is 0 Å². The zero-order valence-corrected chi connectivity index (χ0v) is 39.9. The highest BCUT2D eigenvalue weighted by molar-refractivity contribution is 7.22. The van der Waals surface area contributed by atoms with Crippen molar-refractivity contribution < 1.29 is 39.2 Å². The van der Waals surface area contributed by atoms with Gasteiger partial charge in [-0.25, -0.2) is 0 Å². The van der Waals surface area contributed by atoms with E-state index in [1.807, 2.05) is 57.2 Å². The summed E-state index contributed by atoms with van der Waals surface area (Å²) in [5.41, 5.74) is 3.06. The molecule has 0 spiro atoms. The van der Waals surface area contributed by atoms with Crippen molar-refractivity contribution >= 4 is 44.9 Å². The molecular weight excluding hydrogens is 865 g/mol. The third kappa shape index (κ3) is 13.7. The van der Waals surface area contributed by atoms with Gasteiger partial charge < -0.3 is 40.5 Å². The fraction of sp³-hybridized carbons (Fsp3) is 0.407. The summed E-state index contributed by atoms with van der Waals surface area (Å²) in [4.78, 5) is 58.9. The minimum Gasteiger partial charge on any atom is -0.508 e. The van der Waals surface area contributed by atoms with Crippen LogP contribution in [0.5, 0.6) is 17.2 Å². The van der Waals surface area contributed by atoms with Crippen LogP contribution < -0.4 is 15.4 Å². The summed E-state index contributed by atoms with van der Waals surface area (Å²) >= 11 is 1.42. The lowest BCUT2D eigenvalue weighted by Crippen LogP contribution is -2.57. The molecule has 3 atom stereocenters. The van der Waals surface area contributed by atoms with Crippen LogP contribution >= 0.6 is 11.3 Å². The number of phenolic OH excluding ortho intramolecular Hbond substituents is 2. The van der Waals surface area contributed by atoms with Gasteiger partial charge in [-0.3, -0.25) is 19.2 Å². The molecule has 67 heavy (non-hydrogen) atoms. The molecule has 1 aromatic heterocycles. The van der Waals surface area contributed by atoms with E-state index in [9.17, 15) is 34.5 Å². The molecule has 0 bridgehead atoms. The van der Waals surface area contributed by atoms with Crippen molar-refractivity contribution in [2.45, 2.75) is 97.2 Å². The highest BCUT2D eigenvalue weighted by Crippen LogP contribution is 2.41. The topological polar surface area (TPSA) is 169 Å². The Balaban J connectivity index is 0.891. The number of hydrogen-bond acceptors (Lipinski definition) is 10. The number of aliphatic hydroxyl groups excluding tert-OH is 1. The largest absolute Gasteiger partial charge is 0.508 e. The first-order valence-corrected chi connectivity index (χ1v) is 24.1. The van der Waals surface area contributed by atoms with E-state index in [1.54, 1.807) is 54.6 Å². The van der Waals surface area contributed by atoms with Gasteiger partial charge in [0.1, 0.15) is 35.9 Å². The molecule has 4 aromatic carbocycles. The van der Waals surface area contributed by atoms with Gasteiger partial charge in [0.15, 0.2) is 5.78 Å². The van der Waals surface area contributed by atoms with Crippen molar-refractivity contribution in [1.82, 2.24) is 20.4 Å². The van der Waals surface area contributed by atoms with E-state index in [-0.39, 0.29) is 48.0 Å². The summed E-state index contributed by atoms with van der Waals surface area (Å²) < 4.78 is 6.88. The molecule has 13 heteroatoms. The molecule has 0 aliphatic carbocycles.